The first-order valence-corrected chi connectivity index (χ1v) is 7.19. The number of hydrogen-bond donors (Lipinski definition) is 0. The Kier molecular flexibility index (Phi) is 5.61. The molecular formula is C15H27FO2. The number of rotatable bonds is 4. The van der Waals surface area contributed by atoms with Gasteiger partial charge in [0.15, 0.2) is 6.17 Å². The average molecular weight is 258 g/mol. The third kappa shape index (κ3) is 4.58. The van der Waals surface area contributed by atoms with Crippen molar-refractivity contribution in [1.29, 1.82) is 0 Å². The number of hydrogen-bond acceptors (Lipinski definition) is 2. The van der Waals surface area contributed by atoms with Crippen LogP contribution in [0.3, 0.4) is 0 Å². The molecule has 106 valence electrons. The number of carbonyl (C=O) groups is 1. The van der Waals surface area contributed by atoms with Gasteiger partial charge in [0.1, 0.15) is 6.10 Å². The molecule has 0 amide bonds. The van der Waals surface area contributed by atoms with Crippen LogP contribution < -0.4 is 0 Å². The first-order chi connectivity index (χ1) is 8.34. The summed E-state index contributed by atoms with van der Waals surface area (Å²) in [5, 5.41) is 0. The monoisotopic (exact) mass is 258 g/mol. The van der Waals surface area contributed by atoms with E-state index in [9.17, 15) is 9.18 Å². The molecule has 0 saturated heterocycles. The van der Waals surface area contributed by atoms with E-state index in [1.807, 2.05) is 6.92 Å². The lowest BCUT2D eigenvalue weighted by Crippen LogP contribution is -2.32. The van der Waals surface area contributed by atoms with E-state index in [4.69, 9.17) is 4.74 Å². The maximum Gasteiger partial charge on any atom is 0.340 e. The Morgan fingerprint density at radius 3 is 2.28 bits per heavy atom. The summed E-state index contributed by atoms with van der Waals surface area (Å²) in [6.45, 7) is 8.63. The summed E-state index contributed by atoms with van der Waals surface area (Å²) in [5.74, 6) is 0.0281. The molecular weight excluding hydrogens is 231 g/mol. The fourth-order valence-corrected chi connectivity index (χ4v) is 2.66. The van der Waals surface area contributed by atoms with Crippen LogP contribution in [0.25, 0.3) is 0 Å². The van der Waals surface area contributed by atoms with Crippen LogP contribution in [0.15, 0.2) is 0 Å². The van der Waals surface area contributed by atoms with Crippen LogP contribution in [0.5, 0.6) is 0 Å². The molecule has 2 nitrogen and oxygen atoms in total. The van der Waals surface area contributed by atoms with E-state index >= 15 is 0 Å². The van der Waals surface area contributed by atoms with Crippen LogP contribution in [-0.2, 0) is 9.53 Å². The van der Waals surface area contributed by atoms with Crippen molar-refractivity contribution >= 4 is 5.97 Å². The van der Waals surface area contributed by atoms with E-state index in [1.54, 1.807) is 0 Å². The van der Waals surface area contributed by atoms with E-state index in [-0.39, 0.29) is 12.5 Å². The van der Waals surface area contributed by atoms with Gasteiger partial charge in [0.2, 0.25) is 0 Å². The zero-order valence-electron chi connectivity index (χ0n) is 12.2. The highest BCUT2D eigenvalue weighted by Gasteiger charge is 2.32. The number of ether oxygens (including phenoxy) is 1. The van der Waals surface area contributed by atoms with Crippen molar-refractivity contribution in [2.45, 2.75) is 78.5 Å². The van der Waals surface area contributed by atoms with E-state index in [0.717, 1.165) is 25.7 Å². The number of esters is 1. The molecule has 0 aromatic heterocycles. The molecule has 1 aliphatic rings. The summed E-state index contributed by atoms with van der Waals surface area (Å²) in [6.07, 6.45) is 3.36. The van der Waals surface area contributed by atoms with Crippen LogP contribution in [-0.4, -0.2) is 18.2 Å². The van der Waals surface area contributed by atoms with Gasteiger partial charge in [-0.3, -0.25) is 0 Å². The Labute approximate surface area is 110 Å². The maximum absolute atomic E-state index is 13.3. The van der Waals surface area contributed by atoms with E-state index < -0.39 is 12.1 Å². The lowest BCUT2D eigenvalue weighted by Gasteiger charge is -2.36. The highest BCUT2D eigenvalue weighted by molar-refractivity contribution is 5.74. The van der Waals surface area contributed by atoms with Gasteiger partial charge in [-0.2, -0.15) is 0 Å². The average Bonchev–Trinajstić information content (AvgIpc) is 2.28. The van der Waals surface area contributed by atoms with Gasteiger partial charge in [-0.15, -0.1) is 0 Å². The Morgan fingerprint density at radius 2 is 1.83 bits per heavy atom. The highest BCUT2D eigenvalue weighted by Crippen LogP contribution is 2.38. The maximum atomic E-state index is 13.3. The topological polar surface area (TPSA) is 26.3 Å². The van der Waals surface area contributed by atoms with Crippen LogP contribution in [0.1, 0.15) is 66.2 Å². The van der Waals surface area contributed by atoms with Crippen LogP contribution in [0.4, 0.5) is 4.39 Å². The quantitative estimate of drug-likeness (QED) is 0.704. The molecule has 0 spiro atoms. The van der Waals surface area contributed by atoms with Crippen molar-refractivity contribution in [2.24, 2.45) is 11.3 Å². The minimum absolute atomic E-state index is 0.0637. The largest absolute Gasteiger partial charge is 0.460 e. The van der Waals surface area contributed by atoms with Crippen LogP contribution in [0.2, 0.25) is 0 Å². The Bertz CT molecular complexity index is 262. The fourth-order valence-electron chi connectivity index (χ4n) is 2.66. The van der Waals surface area contributed by atoms with Gasteiger partial charge in [-0.25, -0.2) is 9.18 Å². The van der Waals surface area contributed by atoms with Gasteiger partial charge in [0.05, 0.1) is 0 Å². The van der Waals surface area contributed by atoms with Gasteiger partial charge in [0.25, 0.3) is 0 Å². The summed E-state index contributed by atoms with van der Waals surface area (Å²) >= 11 is 0. The van der Waals surface area contributed by atoms with Crippen LogP contribution >= 0.6 is 0 Å². The first kappa shape index (κ1) is 15.5. The van der Waals surface area contributed by atoms with E-state index in [1.165, 1.54) is 0 Å². The normalized spacial score (nSPS) is 26.7. The smallest absolute Gasteiger partial charge is 0.340 e. The third-order valence-corrected chi connectivity index (χ3v) is 3.98. The molecule has 3 heteroatoms. The summed E-state index contributed by atoms with van der Waals surface area (Å²) in [7, 11) is 0. The molecule has 1 rings (SSSR count). The fraction of sp³-hybridized carbons (Fsp3) is 0.933. The third-order valence-electron chi connectivity index (χ3n) is 3.98. The van der Waals surface area contributed by atoms with Crippen molar-refractivity contribution in [3.05, 3.63) is 0 Å². The highest BCUT2D eigenvalue weighted by atomic mass is 19.1. The van der Waals surface area contributed by atoms with Crippen molar-refractivity contribution < 1.29 is 13.9 Å². The van der Waals surface area contributed by atoms with Gasteiger partial charge in [0, 0.05) is 0 Å². The van der Waals surface area contributed by atoms with Gasteiger partial charge < -0.3 is 4.74 Å². The molecule has 0 heterocycles. The molecule has 0 bridgehead atoms. The van der Waals surface area contributed by atoms with E-state index in [0.29, 0.717) is 17.8 Å². The number of halogens is 1. The standard InChI is InChI=1S/C15H27FO2/c1-5-6-13(16)14(17)18-12-9-7-11(8-10-12)15(2,3)4/h11-13H,5-10H2,1-4H3. The van der Waals surface area contributed by atoms with Gasteiger partial charge in [-0.1, -0.05) is 34.1 Å². The minimum Gasteiger partial charge on any atom is -0.460 e. The molecule has 1 atom stereocenters. The summed E-state index contributed by atoms with van der Waals surface area (Å²) < 4.78 is 18.6. The molecule has 0 N–H and O–H groups in total. The second-order valence-corrected chi connectivity index (χ2v) is 6.53. The molecule has 1 fully saturated rings. The predicted octanol–water partition coefficient (Wildman–Crippen LogP) is 4.27. The van der Waals surface area contributed by atoms with Gasteiger partial charge >= 0.3 is 5.97 Å². The molecule has 1 saturated carbocycles. The summed E-state index contributed by atoms with van der Waals surface area (Å²) in [5.41, 5.74) is 0.319. The molecule has 0 radical (unpaired) electrons. The molecule has 1 aliphatic carbocycles. The number of alkyl halides is 1. The SMILES string of the molecule is CCCC(F)C(=O)OC1CCC(C(C)(C)C)CC1. The summed E-state index contributed by atoms with van der Waals surface area (Å²) in [6, 6.07) is 0. The Hall–Kier alpha value is -0.600. The van der Waals surface area contributed by atoms with Crippen LogP contribution in [0, 0.1) is 11.3 Å². The molecule has 0 aliphatic heterocycles. The molecule has 1 unspecified atom stereocenters. The first-order valence-electron chi connectivity index (χ1n) is 7.19. The van der Waals surface area contributed by atoms with Crippen molar-refractivity contribution in [1.82, 2.24) is 0 Å². The predicted molar refractivity (Wildman–Crippen MR) is 71.1 cm³/mol. The van der Waals surface area contributed by atoms with E-state index in [2.05, 4.69) is 20.8 Å². The summed E-state index contributed by atoms with van der Waals surface area (Å²) in [4.78, 5) is 11.5. The Morgan fingerprint density at radius 1 is 1.28 bits per heavy atom. The van der Waals surface area contributed by atoms with Crippen molar-refractivity contribution in [3.63, 3.8) is 0 Å². The van der Waals surface area contributed by atoms with Crippen molar-refractivity contribution in [2.75, 3.05) is 0 Å². The lowest BCUT2D eigenvalue weighted by molar-refractivity contribution is -0.157. The minimum atomic E-state index is -1.43. The second kappa shape index (κ2) is 6.53. The molecule has 18 heavy (non-hydrogen) atoms. The Balaban J connectivity index is 2.33. The molecule has 0 aromatic carbocycles. The number of carbonyl (C=O) groups excluding carboxylic acids is 1. The molecule has 0 aromatic rings. The van der Waals surface area contributed by atoms with Gasteiger partial charge in [-0.05, 0) is 43.4 Å². The zero-order valence-corrected chi connectivity index (χ0v) is 12.2. The second-order valence-electron chi connectivity index (χ2n) is 6.53. The van der Waals surface area contributed by atoms with Crippen molar-refractivity contribution in [3.8, 4) is 0 Å². The zero-order chi connectivity index (χ0) is 13.8. The lowest BCUT2D eigenvalue weighted by atomic mass is 9.72.